The van der Waals surface area contributed by atoms with Gasteiger partial charge in [-0.1, -0.05) is 12.1 Å². The predicted octanol–water partition coefficient (Wildman–Crippen LogP) is 1.59. The lowest BCUT2D eigenvalue weighted by molar-refractivity contribution is -0.138. The summed E-state index contributed by atoms with van der Waals surface area (Å²) in [4.78, 5) is 11.3. The second-order valence-corrected chi connectivity index (χ2v) is 7.15. The van der Waals surface area contributed by atoms with E-state index < -0.39 is 15.8 Å². The first-order valence-electron chi connectivity index (χ1n) is 6.07. The van der Waals surface area contributed by atoms with Crippen LogP contribution in [0.1, 0.15) is 29.9 Å². The van der Waals surface area contributed by atoms with Crippen LogP contribution in [-0.4, -0.2) is 25.2 Å². The lowest BCUT2D eigenvalue weighted by Crippen LogP contribution is -2.16. The first kappa shape index (κ1) is 11.7. The second-order valence-electron chi connectivity index (χ2n) is 5.08. The van der Waals surface area contributed by atoms with Crippen molar-refractivity contribution in [1.82, 2.24) is 0 Å². The fourth-order valence-corrected chi connectivity index (χ4v) is 4.31. The van der Waals surface area contributed by atoms with Crippen LogP contribution < -0.4 is 0 Å². The number of hydrogen-bond donors (Lipinski definition) is 1. The molecular weight excluding hydrogens is 252 g/mol. The summed E-state index contributed by atoms with van der Waals surface area (Å²) >= 11 is 0. The van der Waals surface area contributed by atoms with Gasteiger partial charge in [-0.25, -0.2) is 8.42 Å². The van der Waals surface area contributed by atoms with Gasteiger partial charge in [0, 0.05) is 0 Å². The zero-order valence-corrected chi connectivity index (χ0v) is 10.6. The van der Waals surface area contributed by atoms with E-state index in [1.807, 2.05) is 6.07 Å². The molecule has 96 valence electrons. The van der Waals surface area contributed by atoms with Gasteiger partial charge in [0.25, 0.3) is 0 Å². The predicted molar refractivity (Wildman–Crippen MR) is 65.3 cm³/mol. The van der Waals surface area contributed by atoms with Gasteiger partial charge in [-0.05, 0) is 42.4 Å². The van der Waals surface area contributed by atoms with Crippen LogP contribution in [-0.2, 0) is 21.1 Å². The topological polar surface area (TPSA) is 71.4 Å². The Morgan fingerprint density at radius 2 is 2.11 bits per heavy atom. The van der Waals surface area contributed by atoms with Gasteiger partial charge in [-0.15, -0.1) is 0 Å². The van der Waals surface area contributed by atoms with E-state index in [9.17, 15) is 13.2 Å². The summed E-state index contributed by atoms with van der Waals surface area (Å²) in [6.07, 6.45) is 2.10. The third-order valence-electron chi connectivity index (χ3n) is 3.81. The maximum absolute atomic E-state index is 11.8. The lowest BCUT2D eigenvalue weighted by Gasteiger charge is -2.17. The van der Waals surface area contributed by atoms with Crippen LogP contribution in [0.25, 0.3) is 0 Å². The number of sulfone groups is 1. The van der Waals surface area contributed by atoms with E-state index in [1.165, 1.54) is 0 Å². The molecule has 1 aliphatic heterocycles. The summed E-state index contributed by atoms with van der Waals surface area (Å²) in [5.74, 6) is -0.758. The second kappa shape index (κ2) is 3.82. The van der Waals surface area contributed by atoms with Gasteiger partial charge in [0.05, 0.1) is 16.6 Å². The van der Waals surface area contributed by atoms with Crippen LogP contribution in [0.5, 0.6) is 0 Å². The highest BCUT2D eigenvalue weighted by Crippen LogP contribution is 2.48. The van der Waals surface area contributed by atoms with Crippen molar-refractivity contribution >= 4 is 15.8 Å². The third kappa shape index (κ3) is 1.82. The molecule has 1 saturated carbocycles. The Bertz CT molecular complexity index is 618. The minimum absolute atomic E-state index is 0.0671. The number of benzene rings is 1. The number of aryl methyl sites for hydroxylation is 1. The average Bonchev–Trinajstić information content (AvgIpc) is 3.08. The molecule has 1 heterocycles. The lowest BCUT2D eigenvalue weighted by atomic mass is 10.0. The molecule has 2 aliphatic rings. The summed E-state index contributed by atoms with van der Waals surface area (Å²) in [6, 6.07) is 5.31. The van der Waals surface area contributed by atoms with E-state index in [4.69, 9.17) is 5.11 Å². The van der Waals surface area contributed by atoms with E-state index in [-0.39, 0.29) is 17.6 Å². The van der Waals surface area contributed by atoms with E-state index >= 15 is 0 Å². The first-order chi connectivity index (χ1) is 8.49. The summed E-state index contributed by atoms with van der Waals surface area (Å²) in [5.41, 5.74) is 1.83. The Labute approximate surface area is 106 Å². The van der Waals surface area contributed by atoms with Crippen LogP contribution in [0.15, 0.2) is 23.1 Å². The Hall–Kier alpha value is -1.36. The van der Waals surface area contributed by atoms with E-state index in [2.05, 4.69) is 0 Å². The average molecular weight is 266 g/mol. The van der Waals surface area contributed by atoms with Gasteiger partial charge in [-0.2, -0.15) is 0 Å². The normalized spacial score (nSPS) is 28.4. The standard InChI is InChI=1S/C13H14O4S/c14-13(15)11-7-10(11)8-3-4-12-9(6-8)2-1-5-18(12,16)17/h3-4,6,10-11H,1-2,5,7H2,(H,14,15). The maximum atomic E-state index is 11.8. The fourth-order valence-electron chi connectivity index (χ4n) is 2.73. The van der Waals surface area contributed by atoms with Crippen LogP contribution in [0.3, 0.4) is 0 Å². The van der Waals surface area contributed by atoms with Gasteiger partial charge in [-0.3, -0.25) is 4.79 Å². The first-order valence-corrected chi connectivity index (χ1v) is 7.72. The number of carbonyl (C=O) groups is 1. The molecule has 0 spiro atoms. The smallest absolute Gasteiger partial charge is 0.307 e. The van der Waals surface area contributed by atoms with Crippen molar-refractivity contribution in [3.8, 4) is 0 Å². The Balaban J connectivity index is 1.96. The Morgan fingerprint density at radius 3 is 2.78 bits per heavy atom. The molecule has 1 aliphatic carbocycles. The molecule has 0 amide bonds. The zero-order valence-electron chi connectivity index (χ0n) is 9.80. The van der Waals surface area contributed by atoms with E-state index in [0.29, 0.717) is 17.7 Å². The molecular formula is C13H14O4S. The van der Waals surface area contributed by atoms with Crippen molar-refractivity contribution in [2.45, 2.75) is 30.1 Å². The molecule has 2 atom stereocenters. The molecule has 0 aromatic heterocycles. The van der Waals surface area contributed by atoms with Crippen molar-refractivity contribution in [2.24, 2.45) is 5.92 Å². The van der Waals surface area contributed by atoms with E-state index in [0.717, 1.165) is 17.5 Å². The van der Waals surface area contributed by atoms with Gasteiger partial charge in [0.2, 0.25) is 0 Å². The quantitative estimate of drug-likeness (QED) is 0.882. The van der Waals surface area contributed by atoms with E-state index in [1.54, 1.807) is 12.1 Å². The summed E-state index contributed by atoms with van der Waals surface area (Å²) in [7, 11) is -3.11. The minimum atomic E-state index is -3.11. The highest BCUT2D eigenvalue weighted by molar-refractivity contribution is 7.91. The van der Waals surface area contributed by atoms with Crippen molar-refractivity contribution in [1.29, 1.82) is 0 Å². The number of hydrogen-bond acceptors (Lipinski definition) is 3. The Kier molecular flexibility index (Phi) is 2.48. The van der Waals surface area contributed by atoms with Gasteiger partial charge < -0.3 is 5.11 Å². The number of fused-ring (bicyclic) bond motifs is 1. The molecule has 1 aromatic carbocycles. The molecule has 4 nitrogen and oxygen atoms in total. The maximum Gasteiger partial charge on any atom is 0.307 e. The molecule has 1 fully saturated rings. The van der Waals surface area contributed by atoms with Gasteiger partial charge in [0.15, 0.2) is 9.84 Å². The van der Waals surface area contributed by atoms with Crippen LogP contribution in [0.2, 0.25) is 0 Å². The van der Waals surface area contributed by atoms with Crippen LogP contribution in [0.4, 0.5) is 0 Å². The highest BCUT2D eigenvalue weighted by Gasteiger charge is 2.44. The van der Waals surface area contributed by atoms with Crippen LogP contribution in [0, 0.1) is 5.92 Å². The molecule has 1 aromatic rings. The molecule has 2 unspecified atom stereocenters. The summed E-state index contributed by atoms with van der Waals surface area (Å²) in [6.45, 7) is 0. The van der Waals surface area contributed by atoms with Crippen molar-refractivity contribution in [3.05, 3.63) is 29.3 Å². The van der Waals surface area contributed by atoms with Crippen LogP contribution >= 0.6 is 0 Å². The highest BCUT2D eigenvalue weighted by atomic mass is 32.2. The fraction of sp³-hybridized carbons (Fsp3) is 0.462. The van der Waals surface area contributed by atoms with Gasteiger partial charge >= 0.3 is 5.97 Å². The van der Waals surface area contributed by atoms with Crippen molar-refractivity contribution in [2.75, 3.05) is 5.75 Å². The molecule has 0 saturated heterocycles. The third-order valence-corrected chi connectivity index (χ3v) is 5.71. The molecule has 1 N–H and O–H groups in total. The molecule has 18 heavy (non-hydrogen) atoms. The largest absolute Gasteiger partial charge is 0.481 e. The summed E-state index contributed by atoms with van der Waals surface area (Å²) in [5, 5.41) is 8.91. The van der Waals surface area contributed by atoms with Crippen molar-refractivity contribution in [3.63, 3.8) is 0 Å². The zero-order chi connectivity index (χ0) is 12.9. The van der Waals surface area contributed by atoms with Crippen molar-refractivity contribution < 1.29 is 18.3 Å². The number of rotatable bonds is 2. The SMILES string of the molecule is O=C(O)C1CC1c1ccc2c(c1)CCCS2(=O)=O. The number of carboxylic acids is 1. The summed E-state index contributed by atoms with van der Waals surface area (Å²) < 4.78 is 23.7. The Morgan fingerprint density at radius 1 is 1.33 bits per heavy atom. The molecule has 5 heteroatoms. The van der Waals surface area contributed by atoms with Gasteiger partial charge in [0.1, 0.15) is 0 Å². The number of aliphatic carboxylic acids is 1. The molecule has 3 rings (SSSR count). The monoisotopic (exact) mass is 266 g/mol. The molecule has 0 bridgehead atoms. The molecule has 0 radical (unpaired) electrons. The number of carboxylic acid groups (broad SMARTS) is 1. The minimum Gasteiger partial charge on any atom is -0.481 e.